The van der Waals surface area contributed by atoms with Crippen LogP contribution < -0.4 is 9.47 Å². The Morgan fingerprint density at radius 1 is 0.651 bits per heavy atom. The largest absolute Gasteiger partial charge is 0.491 e. The molecule has 0 saturated heterocycles. The van der Waals surface area contributed by atoms with Gasteiger partial charge in [-0.3, -0.25) is 0 Å². The summed E-state index contributed by atoms with van der Waals surface area (Å²) in [5.74, 6) is 2.98. The molecular weight excluding hydrogens is 536 g/mol. The summed E-state index contributed by atoms with van der Waals surface area (Å²) in [7, 11) is 0. The van der Waals surface area contributed by atoms with E-state index in [4.69, 9.17) is 23.7 Å². The van der Waals surface area contributed by atoms with Crippen molar-refractivity contribution >= 4 is 0 Å². The molecule has 0 radical (unpaired) electrons. The molecule has 2 rings (SSSR count). The highest BCUT2D eigenvalue weighted by Gasteiger charge is 2.26. The summed E-state index contributed by atoms with van der Waals surface area (Å²) >= 11 is 0. The molecule has 1 unspecified atom stereocenters. The number of benzene rings is 1. The van der Waals surface area contributed by atoms with Crippen molar-refractivity contribution in [1.82, 2.24) is 0 Å². The van der Waals surface area contributed by atoms with Crippen molar-refractivity contribution in [3.8, 4) is 11.5 Å². The highest BCUT2D eigenvalue weighted by molar-refractivity contribution is 5.58. The van der Waals surface area contributed by atoms with E-state index < -0.39 is 0 Å². The quantitative estimate of drug-likeness (QED) is 0.116. The Morgan fingerprint density at radius 3 is 1.72 bits per heavy atom. The Morgan fingerprint density at radius 2 is 1.16 bits per heavy atom. The average Bonchev–Trinajstić information content (AvgIpc) is 3.02. The predicted molar refractivity (Wildman–Crippen MR) is 185 cm³/mol. The van der Waals surface area contributed by atoms with Gasteiger partial charge in [-0.25, -0.2) is 0 Å². The van der Waals surface area contributed by atoms with Gasteiger partial charge < -0.3 is 23.7 Å². The van der Waals surface area contributed by atoms with Crippen LogP contribution in [0, 0.1) is 26.7 Å². The van der Waals surface area contributed by atoms with E-state index in [9.17, 15) is 0 Å². The molecule has 0 bridgehead atoms. The zero-order chi connectivity index (χ0) is 32.3. The summed E-state index contributed by atoms with van der Waals surface area (Å²) in [5, 5.41) is 0. The molecule has 0 saturated carbocycles. The molecule has 5 heteroatoms. The normalized spacial score (nSPS) is 13.9. The lowest BCUT2D eigenvalue weighted by atomic mass is 9.90. The molecule has 0 aromatic heterocycles. The molecule has 0 N–H and O–H groups in total. The van der Waals surface area contributed by atoms with Crippen molar-refractivity contribution in [1.29, 1.82) is 0 Å². The fourth-order valence-electron chi connectivity index (χ4n) is 5.52. The maximum Gasteiger partial charge on any atom is 0.126 e. The lowest BCUT2D eigenvalue weighted by Gasteiger charge is -2.31. The van der Waals surface area contributed by atoms with Crippen molar-refractivity contribution in [2.24, 2.45) is 5.92 Å². The van der Waals surface area contributed by atoms with Gasteiger partial charge in [-0.05, 0) is 76.0 Å². The van der Waals surface area contributed by atoms with Crippen LogP contribution in [0.4, 0.5) is 0 Å². The van der Waals surface area contributed by atoms with E-state index in [1.807, 2.05) is 34.6 Å². The maximum atomic E-state index is 6.58. The van der Waals surface area contributed by atoms with Crippen LogP contribution in [0.1, 0.15) is 148 Å². The Kier molecular flexibility index (Phi) is 27.3. The highest BCUT2D eigenvalue weighted by Crippen LogP contribution is 2.42. The molecule has 5 nitrogen and oxygen atoms in total. The summed E-state index contributed by atoms with van der Waals surface area (Å²) in [5.41, 5.74) is 4.99. The molecule has 1 atom stereocenters. The zero-order valence-corrected chi connectivity index (χ0v) is 30.3. The molecule has 1 aromatic carbocycles. The van der Waals surface area contributed by atoms with Gasteiger partial charge in [-0.15, -0.1) is 0 Å². The Labute approximate surface area is 268 Å². The molecule has 254 valence electrons. The van der Waals surface area contributed by atoms with Crippen molar-refractivity contribution in [2.75, 3.05) is 46.2 Å². The average molecular weight is 609 g/mol. The van der Waals surface area contributed by atoms with Crippen LogP contribution >= 0.6 is 0 Å². The van der Waals surface area contributed by atoms with Gasteiger partial charge >= 0.3 is 0 Å². The van der Waals surface area contributed by atoms with E-state index in [2.05, 4.69) is 34.6 Å². The van der Waals surface area contributed by atoms with E-state index >= 15 is 0 Å². The minimum Gasteiger partial charge on any atom is -0.491 e. The lowest BCUT2D eigenvalue weighted by molar-refractivity contribution is 0.0113. The Balaban J connectivity index is 0.00000422. The molecule has 1 aliphatic heterocycles. The number of hydrogen-bond acceptors (Lipinski definition) is 5. The van der Waals surface area contributed by atoms with Gasteiger partial charge in [0.15, 0.2) is 0 Å². The monoisotopic (exact) mass is 609 g/mol. The van der Waals surface area contributed by atoms with Crippen molar-refractivity contribution in [3.05, 3.63) is 22.3 Å². The molecular formula is C38H72O5. The fraction of sp³-hybridized carbons (Fsp3) is 0.842. The molecule has 1 aromatic rings. The predicted octanol–water partition coefficient (Wildman–Crippen LogP) is 10.8. The first-order valence-corrected chi connectivity index (χ1v) is 18.1. The standard InChI is InChI=1S/C34H60O5.2C2H6/c1-7-35-21-22-36-23-24-37-25-26-38-33-28(4)29(5)34-32(30(33)6)20-19-31(39-34)18-16-14-12-10-8-9-11-13-15-17-27(2)3;2*1-2/h27,31H,7-26H2,1-6H3;2*1-2H3. The van der Waals surface area contributed by atoms with Crippen LogP contribution in [0.2, 0.25) is 0 Å². The van der Waals surface area contributed by atoms with Crippen LogP contribution in [0.15, 0.2) is 0 Å². The number of rotatable bonds is 23. The highest BCUT2D eigenvalue weighted by atomic mass is 16.6. The molecule has 0 amide bonds. The molecule has 0 fully saturated rings. The van der Waals surface area contributed by atoms with Gasteiger partial charge in [-0.1, -0.05) is 99.3 Å². The fourth-order valence-corrected chi connectivity index (χ4v) is 5.52. The third-order valence-corrected chi connectivity index (χ3v) is 8.04. The first-order valence-electron chi connectivity index (χ1n) is 18.1. The summed E-state index contributed by atoms with van der Waals surface area (Å²) in [6.45, 7) is 25.4. The molecule has 43 heavy (non-hydrogen) atoms. The smallest absolute Gasteiger partial charge is 0.126 e. The molecule has 0 aliphatic carbocycles. The van der Waals surface area contributed by atoms with E-state index in [-0.39, 0.29) is 0 Å². The Hall–Kier alpha value is -1.30. The second kappa shape index (κ2) is 28.2. The van der Waals surface area contributed by atoms with Crippen LogP contribution in [0.5, 0.6) is 11.5 Å². The van der Waals surface area contributed by atoms with E-state index in [1.165, 1.54) is 92.9 Å². The van der Waals surface area contributed by atoms with Crippen LogP contribution in [-0.2, 0) is 20.6 Å². The summed E-state index contributed by atoms with van der Waals surface area (Å²) < 4.78 is 29.2. The van der Waals surface area contributed by atoms with Gasteiger partial charge in [0.2, 0.25) is 0 Å². The minimum absolute atomic E-state index is 0.354. The van der Waals surface area contributed by atoms with Gasteiger partial charge in [0.25, 0.3) is 0 Å². The minimum atomic E-state index is 0.354. The van der Waals surface area contributed by atoms with Gasteiger partial charge in [0.05, 0.1) is 39.1 Å². The van der Waals surface area contributed by atoms with Gasteiger partial charge in [0, 0.05) is 12.2 Å². The second-order valence-electron chi connectivity index (χ2n) is 11.7. The van der Waals surface area contributed by atoms with Gasteiger partial charge in [0.1, 0.15) is 18.1 Å². The summed E-state index contributed by atoms with van der Waals surface area (Å²) in [6.07, 6.45) is 17.6. The topological polar surface area (TPSA) is 46.2 Å². The summed E-state index contributed by atoms with van der Waals surface area (Å²) in [6, 6.07) is 0. The van der Waals surface area contributed by atoms with E-state index in [0.717, 1.165) is 36.9 Å². The molecule has 0 spiro atoms. The number of fused-ring (bicyclic) bond motifs is 1. The number of hydrogen-bond donors (Lipinski definition) is 0. The van der Waals surface area contributed by atoms with Crippen LogP contribution in [0.25, 0.3) is 0 Å². The number of unbranched alkanes of at least 4 members (excludes halogenated alkanes) is 8. The first kappa shape index (κ1) is 41.7. The van der Waals surface area contributed by atoms with E-state index in [0.29, 0.717) is 45.7 Å². The van der Waals surface area contributed by atoms with E-state index in [1.54, 1.807) is 0 Å². The maximum absolute atomic E-state index is 6.58. The van der Waals surface area contributed by atoms with Crippen molar-refractivity contribution in [3.63, 3.8) is 0 Å². The van der Waals surface area contributed by atoms with Crippen molar-refractivity contribution in [2.45, 2.75) is 159 Å². The second-order valence-corrected chi connectivity index (χ2v) is 11.7. The first-order chi connectivity index (χ1) is 21.0. The lowest BCUT2D eigenvalue weighted by Crippen LogP contribution is -2.24. The summed E-state index contributed by atoms with van der Waals surface area (Å²) in [4.78, 5) is 0. The van der Waals surface area contributed by atoms with Crippen molar-refractivity contribution < 1.29 is 23.7 Å². The van der Waals surface area contributed by atoms with Gasteiger partial charge in [-0.2, -0.15) is 0 Å². The third kappa shape index (κ3) is 18.3. The molecule has 1 heterocycles. The number of ether oxygens (including phenoxy) is 5. The molecule has 1 aliphatic rings. The third-order valence-electron chi connectivity index (χ3n) is 8.04. The van der Waals surface area contributed by atoms with Crippen LogP contribution in [0.3, 0.4) is 0 Å². The Bertz CT molecular complexity index is 776. The SMILES string of the molecule is CC.CC.CCOCCOCCOCCOc1c(C)c(C)c2c(c1C)CCC(CCCCCCCCCCCC(C)C)O2. The van der Waals surface area contributed by atoms with Crippen LogP contribution in [-0.4, -0.2) is 52.4 Å². The zero-order valence-electron chi connectivity index (χ0n) is 30.3.